The minimum Gasteiger partial charge on any atom is -0.411 e. The zero-order valence-electron chi connectivity index (χ0n) is 6.27. The highest BCUT2D eigenvalue weighted by Crippen LogP contribution is 2.14. The molecule has 6 heteroatoms. The third-order valence-corrected chi connectivity index (χ3v) is 1.85. The fourth-order valence-electron chi connectivity index (χ4n) is 1.21. The van der Waals surface area contributed by atoms with Crippen molar-refractivity contribution < 1.29 is 14.9 Å². The molecule has 6 nitrogen and oxygen atoms in total. The molecule has 12 heavy (non-hydrogen) atoms. The van der Waals surface area contributed by atoms with Crippen LogP contribution in [0.25, 0.3) is 0 Å². The van der Waals surface area contributed by atoms with Crippen LogP contribution in [0.3, 0.4) is 0 Å². The number of hydrogen-bond donors (Lipinski definition) is 1. The highest BCUT2D eigenvalue weighted by Gasteiger charge is 2.36. The van der Waals surface area contributed by atoms with Crippen molar-refractivity contribution >= 4 is 11.5 Å². The Balaban J connectivity index is 2.80. The predicted molar refractivity (Wildman–Crippen MR) is 38.9 cm³/mol. The Morgan fingerprint density at radius 2 is 2.33 bits per heavy atom. The van der Waals surface area contributed by atoms with E-state index in [-0.39, 0.29) is 12.1 Å². The average Bonchev–Trinajstić information content (AvgIpc) is 2.04. The van der Waals surface area contributed by atoms with Crippen LogP contribution in [0.2, 0.25) is 0 Å². The summed E-state index contributed by atoms with van der Waals surface area (Å²) < 4.78 is 0. The number of oxime groups is 1. The summed E-state index contributed by atoms with van der Waals surface area (Å²) in [6, 6.07) is -1.20. The van der Waals surface area contributed by atoms with Crippen LogP contribution in [-0.4, -0.2) is 27.7 Å². The zero-order chi connectivity index (χ0) is 9.14. The van der Waals surface area contributed by atoms with E-state index in [0.717, 1.165) is 0 Å². The van der Waals surface area contributed by atoms with E-state index in [0.29, 0.717) is 12.8 Å². The van der Waals surface area contributed by atoms with Gasteiger partial charge in [0.1, 0.15) is 5.71 Å². The lowest BCUT2D eigenvalue weighted by molar-refractivity contribution is -0.507. The highest BCUT2D eigenvalue weighted by molar-refractivity contribution is 6.41. The van der Waals surface area contributed by atoms with Gasteiger partial charge >= 0.3 is 0 Å². The van der Waals surface area contributed by atoms with E-state index in [1.165, 1.54) is 0 Å². The molecule has 0 saturated heterocycles. The number of nitrogens with zero attached hydrogens (tertiary/aromatic N) is 2. The molecule has 0 aromatic carbocycles. The average molecular weight is 172 g/mol. The first-order valence-corrected chi connectivity index (χ1v) is 3.55. The van der Waals surface area contributed by atoms with Gasteiger partial charge in [-0.15, -0.1) is 0 Å². The van der Waals surface area contributed by atoms with Crippen LogP contribution in [0, 0.1) is 10.1 Å². The standard InChI is InChI=1S/C6H8N2O4/c9-6-4(7-10)2-1-3-5(6)8(11)12/h5,10H,1-3H2/b7-4+. The fourth-order valence-corrected chi connectivity index (χ4v) is 1.21. The van der Waals surface area contributed by atoms with Gasteiger partial charge in [-0.1, -0.05) is 5.16 Å². The first-order valence-electron chi connectivity index (χ1n) is 3.55. The zero-order valence-corrected chi connectivity index (χ0v) is 6.27. The van der Waals surface area contributed by atoms with Crippen LogP contribution in [0.15, 0.2) is 5.16 Å². The molecule has 0 radical (unpaired) electrons. The van der Waals surface area contributed by atoms with E-state index >= 15 is 0 Å². The summed E-state index contributed by atoms with van der Waals surface area (Å²) in [6.45, 7) is 0. The molecule has 1 fully saturated rings. The number of hydrogen-bond acceptors (Lipinski definition) is 5. The van der Waals surface area contributed by atoms with Crippen LogP contribution in [0.5, 0.6) is 0 Å². The first kappa shape index (κ1) is 8.63. The van der Waals surface area contributed by atoms with Crippen LogP contribution < -0.4 is 0 Å². The molecule has 1 aliphatic rings. The molecular formula is C6H8N2O4. The number of nitro groups is 1. The minimum absolute atomic E-state index is 0.0806. The molecule has 0 amide bonds. The third kappa shape index (κ3) is 1.41. The Kier molecular flexibility index (Phi) is 2.37. The summed E-state index contributed by atoms with van der Waals surface area (Å²) in [6.07, 6.45) is 1.10. The molecule has 1 unspecified atom stereocenters. The number of Topliss-reactive ketones (excluding diaryl/α,β-unsaturated/α-hetero) is 1. The van der Waals surface area contributed by atoms with Gasteiger partial charge in [-0.25, -0.2) is 0 Å². The van der Waals surface area contributed by atoms with E-state index in [2.05, 4.69) is 5.16 Å². The number of carbonyl (C=O) groups excluding carboxylic acids is 1. The van der Waals surface area contributed by atoms with Gasteiger partial charge in [0.2, 0.25) is 0 Å². The Bertz CT molecular complexity index is 248. The molecule has 0 aromatic heterocycles. The second kappa shape index (κ2) is 3.29. The van der Waals surface area contributed by atoms with Gasteiger partial charge in [0, 0.05) is 11.3 Å². The van der Waals surface area contributed by atoms with Crippen LogP contribution in [-0.2, 0) is 4.79 Å². The van der Waals surface area contributed by atoms with Gasteiger partial charge in [-0.3, -0.25) is 14.9 Å². The Labute approximate surface area is 68.0 Å². The summed E-state index contributed by atoms with van der Waals surface area (Å²) in [5.41, 5.74) is -0.0806. The Morgan fingerprint density at radius 1 is 1.67 bits per heavy atom. The highest BCUT2D eigenvalue weighted by atomic mass is 16.6. The monoisotopic (exact) mass is 172 g/mol. The van der Waals surface area contributed by atoms with E-state index in [9.17, 15) is 14.9 Å². The van der Waals surface area contributed by atoms with E-state index in [4.69, 9.17) is 5.21 Å². The maximum atomic E-state index is 11.1. The Morgan fingerprint density at radius 3 is 2.83 bits per heavy atom. The normalized spacial score (nSPS) is 27.5. The summed E-state index contributed by atoms with van der Waals surface area (Å²) >= 11 is 0. The van der Waals surface area contributed by atoms with Crippen LogP contribution >= 0.6 is 0 Å². The SMILES string of the molecule is O=C1/C(=N/O)CCCC1[N+](=O)[O-]. The lowest BCUT2D eigenvalue weighted by atomic mass is 9.93. The second-order valence-corrected chi connectivity index (χ2v) is 2.60. The molecule has 0 aliphatic heterocycles. The van der Waals surface area contributed by atoms with Gasteiger partial charge in [-0.2, -0.15) is 0 Å². The van der Waals surface area contributed by atoms with Crippen molar-refractivity contribution in [3.05, 3.63) is 10.1 Å². The molecule has 1 saturated carbocycles. The molecule has 0 spiro atoms. The van der Waals surface area contributed by atoms with Crippen molar-refractivity contribution in [3.63, 3.8) is 0 Å². The Hall–Kier alpha value is -1.46. The van der Waals surface area contributed by atoms with Crippen molar-refractivity contribution in [2.24, 2.45) is 5.16 Å². The summed E-state index contributed by atoms with van der Waals surface area (Å²) in [7, 11) is 0. The number of carbonyl (C=O) groups is 1. The molecule has 1 N–H and O–H groups in total. The van der Waals surface area contributed by atoms with E-state index in [1.807, 2.05) is 0 Å². The molecule has 66 valence electrons. The molecule has 1 atom stereocenters. The van der Waals surface area contributed by atoms with E-state index in [1.54, 1.807) is 0 Å². The van der Waals surface area contributed by atoms with Gasteiger partial charge in [0.25, 0.3) is 11.8 Å². The maximum Gasteiger partial charge on any atom is 0.276 e. The summed E-state index contributed by atoms with van der Waals surface area (Å²) in [4.78, 5) is 20.7. The molecule has 0 bridgehead atoms. The van der Waals surface area contributed by atoms with Crippen molar-refractivity contribution in [1.29, 1.82) is 0 Å². The largest absolute Gasteiger partial charge is 0.411 e. The van der Waals surface area contributed by atoms with Crippen molar-refractivity contribution in [2.45, 2.75) is 25.3 Å². The van der Waals surface area contributed by atoms with Gasteiger partial charge in [0.15, 0.2) is 0 Å². The first-order chi connectivity index (χ1) is 5.66. The lowest BCUT2D eigenvalue weighted by Gasteiger charge is -2.13. The second-order valence-electron chi connectivity index (χ2n) is 2.60. The van der Waals surface area contributed by atoms with Gasteiger partial charge in [0.05, 0.1) is 0 Å². The molecule has 0 aromatic rings. The van der Waals surface area contributed by atoms with Crippen molar-refractivity contribution in [3.8, 4) is 0 Å². The molecular weight excluding hydrogens is 164 g/mol. The molecule has 1 rings (SSSR count). The molecule has 0 heterocycles. The van der Waals surface area contributed by atoms with Crippen LogP contribution in [0.4, 0.5) is 0 Å². The quantitative estimate of drug-likeness (QED) is 0.347. The lowest BCUT2D eigenvalue weighted by Crippen LogP contribution is -2.38. The minimum atomic E-state index is -1.20. The maximum absolute atomic E-state index is 11.1. The van der Waals surface area contributed by atoms with Crippen molar-refractivity contribution in [2.75, 3.05) is 0 Å². The number of rotatable bonds is 1. The topological polar surface area (TPSA) is 92.8 Å². The third-order valence-electron chi connectivity index (χ3n) is 1.85. The smallest absolute Gasteiger partial charge is 0.276 e. The number of ketones is 1. The van der Waals surface area contributed by atoms with E-state index < -0.39 is 16.7 Å². The molecule has 1 aliphatic carbocycles. The fraction of sp³-hybridized carbons (Fsp3) is 0.667. The predicted octanol–water partition coefficient (Wildman–Crippen LogP) is 0.215. The van der Waals surface area contributed by atoms with Gasteiger partial charge in [-0.05, 0) is 12.8 Å². The van der Waals surface area contributed by atoms with Crippen molar-refractivity contribution in [1.82, 2.24) is 0 Å². The van der Waals surface area contributed by atoms with Crippen LogP contribution in [0.1, 0.15) is 19.3 Å². The van der Waals surface area contributed by atoms with Gasteiger partial charge < -0.3 is 5.21 Å². The summed E-state index contributed by atoms with van der Waals surface area (Å²) in [5, 5.41) is 21.3. The summed E-state index contributed by atoms with van der Waals surface area (Å²) in [5.74, 6) is -0.659.